The number of hydrogen-bond acceptors (Lipinski definition) is 1. The molecule has 1 nitrogen and oxygen atoms in total. The van der Waals surface area contributed by atoms with E-state index < -0.39 is 0 Å². The zero-order valence-corrected chi connectivity index (χ0v) is 8.91. The Morgan fingerprint density at radius 1 is 0.917 bits per heavy atom. The minimum atomic E-state index is 0.763. The molecule has 0 unspecified atom stereocenters. The van der Waals surface area contributed by atoms with Crippen LogP contribution in [0.2, 0.25) is 0 Å². The van der Waals surface area contributed by atoms with Crippen LogP contribution in [0.1, 0.15) is 45.4 Å². The molecule has 0 aliphatic heterocycles. The van der Waals surface area contributed by atoms with Gasteiger partial charge in [0.2, 0.25) is 0 Å². The second kappa shape index (κ2) is 11.2. The normalized spacial score (nSPS) is 10.5. The Bertz CT molecular complexity index is 66.2. The molecule has 74 valence electrons. The first kappa shape index (κ1) is 12.2. The van der Waals surface area contributed by atoms with Crippen molar-refractivity contribution in [2.24, 2.45) is 0 Å². The molecule has 0 rings (SSSR count). The minimum absolute atomic E-state index is 0.763. The Morgan fingerprint density at radius 3 is 2.17 bits per heavy atom. The number of alkyl halides is 1. The largest absolute Gasteiger partial charge is 0.381 e. The van der Waals surface area contributed by atoms with Crippen LogP contribution in [-0.2, 0) is 4.74 Å². The van der Waals surface area contributed by atoms with Gasteiger partial charge in [0.05, 0.1) is 0 Å². The lowest BCUT2D eigenvalue weighted by Crippen LogP contribution is -1.97. The van der Waals surface area contributed by atoms with E-state index >= 15 is 0 Å². The molecule has 0 aliphatic rings. The fourth-order valence-corrected chi connectivity index (χ4v) is 1.22. The van der Waals surface area contributed by atoms with Crippen LogP contribution in [0.25, 0.3) is 0 Å². The highest BCUT2D eigenvalue weighted by atomic mass is 35.5. The summed E-state index contributed by atoms with van der Waals surface area (Å²) in [5.74, 6) is 0.763. The quantitative estimate of drug-likeness (QED) is 0.401. The average molecular weight is 193 g/mol. The lowest BCUT2D eigenvalue weighted by molar-refractivity contribution is 0.127. The van der Waals surface area contributed by atoms with Crippen LogP contribution in [0.4, 0.5) is 0 Å². The smallest absolute Gasteiger partial charge is 0.0466 e. The van der Waals surface area contributed by atoms with E-state index in [9.17, 15) is 0 Å². The number of ether oxygens (including phenoxy) is 1. The summed E-state index contributed by atoms with van der Waals surface area (Å²) in [6, 6.07) is 0. The van der Waals surface area contributed by atoms with E-state index in [0.29, 0.717) is 0 Å². The van der Waals surface area contributed by atoms with Crippen LogP contribution in [0.5, 0.6) is 0 Å². The molecule has 2 heteroatoms. The van der Waals surface area contributed by atoms with E-state index in [4.69, 9.17) is 16.3 Å². The maximum Gasteiger partial charge on any atom is 0.0466 e. The monoisotopic (exact) mass is 192 g/mol. The Balaban J connectivity index is 2.73. The molecule has 0 fully saturated rings. The summed E-state index contributed by atoms with van der Waals surface area (Å²) < 4.78 is 5.42. The summed E-state index contributed by atoms with van der Waals surface area (Å²) in [4.78, 5) is 0. The summed E-state index contributed by atoms with van der Waals surface area (Å²) in [7, 11) is 0. The molecule has 0 radical (unpaired) electrons. The maximum atomic E-state index is 5.53. The van der Waals surface area contributed by atoms with Crippen LogP contribution < -0.4 is 0 Å². The zero-order valence-electron chi connectivity index (χ0n) is 8.15. The number of rotatable bonds is 9. The van der Waals surface area contributed by atoms with Gasteiger partial charge in [-0.2, -0.15) is 0 Å². The van der Waals surface area contributed by atoms with Gasteiger partial charge in [0.15, 0.2) is 0 Å². The van der Waals surface area contributed by atoms with Crippen molar-refractivity contribution in [3.05, 3.63) is 0 Å². The Kier molecular flexibility index (Phi) is 11.5. The van der Waals surface area contributed by atoms with E-state index in [1.54, 1.807) is 0 Å². The van der Waals surface area contributed by atoms with E-state index in [-0.39, 0.29) is 0 Å². The summed E-state index contributed by atoms with van der Waals surface area (Å²) in [5.41, 5.74) is 0. The molecule has 0 atom stereocenters. The Morgan fingerprint density at radius 2 is 1.58 bits per heavy atom. The van der Waals surface area contributed by atoms with Crippen molar-refractivity contribution in [3.63, 3.8) is 0 Å². The minimum Gasteiger partial charge on any atom is -0.381 e. The van der Waals surface area contributed by atoms with E-state index in [1.807, 2.05) is 0 Å². The van der Waals surface area contributed by atoms with Gasteiger partial charge in [-0.3, -0.25) is 0 Å². The van der Waals surface area contributed by atoms with Gasteiger partial charge in [-0.15, -0.1) is 11.6 Å². The highest BCUT2D eigenvalue weighted by Gasteiger charge is 1.89. The highest BCUT2D eigenvalue weighted by molar-refractivity contribution is 6.17. The molecule has 0 aliphatic carbocycles. The number of unbranched alkanes of at least 4 members (excludes halogenated alkanes) is 4. The van der Waals surface area contributed by atoms with Crippen molar-refractivity contribution >= 4 is 11.6 Å². The molecule has 0 N–H and O–H groups in total. The highest BCUT2D eigenvalue weighted by Crippen LogP contribution is 1.99. The molecule has 0 aromatic carbocycles. The third-order valence-electron chi connectivity index (χ3n) is 1.81. The average Bonchev–Trinajstić information content (AvgIpc) is 2.10. The van der Waals surface area contributed by atoms with Crippen molar-refractivity contribution in [1.82, 2.24) is 0 Å². The molecule has 0 saturated carbocycles. The van der Waals surface area contributed by atoms with Crippen LogP contribution in [0, 0.1) is 0 Å². The van der Waals surface area contributed by atoms with Crippen LogP contribution >= 0.6 is 11.6 Å². The fraction of sp³-hybridized carbons (Fsp3) is 1.00. The topological polar surface area (TPSA) is 9.23 Å². The predicted octanol–water partition coefficient (Wildman–Crippen LogP) is 3.60. The van der Waals surface area contributed by atoms with E-state index in [2.05, 4.69) is 6.92 Å². The standard InChI is InChI=1S/C10H21ClO/c1-2-3-4-6-9-12-10-7-5-8-11/h2-10H2,1H3. The molecule has 0 aromatic rings. The zero-order chi connectivity index (χ0) is 9.07. The lowest BCUT2D eigenvalue weighted by Gasteiger charge is -2.02. The maximum absolute atomic E-state index is 5.53. The fourth-order valence-electron chi connectivity index (χ4n) is 1.03. The van der Waals surface area contributed by atoms with Crippen molar-refractivity contribution in [3.8, 4) is 0 Å². The summed E-state index contributed by atoms with van der Waals surface area (Å²) in [6.45, 7) is 4.04. The van der Waals surface area contributed by atoms with Gasteiger partial charge in [0.25, 0.3) is 0 Å². The first-order valence-electron chi connectivity index (χ1n) is 5.05. The molecule has 0 spiro atoms. The molecular weight excluding hydrogens is 172 g/mol. The van der Waals surface area contributed by atoms with Crippen molar-refractivity contribution < 1.29 is 4.74 Å². The molecule has 0 aromatic heterocycles. The van der Waals surface area contributed by atoms with Gasteiger partial charge in [0, 0.05) is 19.1 Å². The third kappa shape index (κ3) is 10.2. The third-order valence-corrected chi connectivity index (χ3v) is 2.08. The van der Waals surface area contributed by atoms with Gasteiger partial charge in [-0.05, 0) is 19.3 Å². The van der Waals surface area contributed by atoms with Crippen molar-refractivity contribution in [1.29, 1.82) is 0 Å². The van der Waals surface area contributed by atoms with E-state index in [1.165, 1.54) is 25.7 Å². The van der Waals surface area contributed by atoms with Crippen LogP contribution in [-0.4, -0.2) is 19.1 Å². The number of halogens is 1. The summed E-state index contributed by atoms with van der Waals surface area (Å²) >= 11 is 5.53. The summed E-state index contributed by atoms with van der Waals surface area (Å²) in [5, 5.41) is 0. The summed E-state index contributed by atoms with van der Waals surface area (Å²) in [6.07, 6.45) is 7.35. The molecule has 0 saturated heterocycles. The Labute approximate surface area is 81.4 Å². The van der Waals surface area contributed by atoms with Gasteiger partial charge in [0.1, 0.15) is 0 Å². The van der Waals surface area contributed by atoms with Crippen LogP contribution in [0.3, 0.4) is 0 Å². The Hall–Kier alpha value is 0.250. The van der Waals surface area contributed by atoms with Gasteiger partial charge in [-0.25, -0.2) is 0 Å². The second-order valence-corrected chi connectivity index (χ2v) is 3.45. The molecular formula is C10H21ClO. The molecule has 12 heavy (non-hydrogen) atoms. The van der Waals surface area contributed by atoms with Gasteiger partial charge < -0.3 is 4.74 Å². The van der Waals surface area contributed by atoms with Crippen molar-refractivity contribution in [2.75, 3.05) is 19.1 Å². The SMILES string of the molecule is CCCCCCOCCCCCl. The second-order valence-electron chi connectivity index (χ2n) is 3.07. The first-order valence-corrected chi connectivity index (χ1v) is 5.59. The van der Waals surface area contributed by atoms with Crippen molar-refractivity contribution in [2.45, 2.75) is 45.4 Å². The van der Waals surface area contributed by atoms with Gasteiger partial charge >= 0.3 is 0 Å². The molecule has 0 amide bonds. The van der Waals surface area contributed by atoms with E-state index in [0.717, 1.165) is 31.9 Å². The van der Waals surface area contributed by atoms with Crippen LogP contribution in [0.15, 0.2) is 0 Å². The lowest BCUT2D eigenvalue weighted by atomic mass is 10.2. The predicted molar refractivity (Wildman–Crippen MR) is 54.9 cm³/mol. The molecule has 0 heterocycles. The van der Waals surface area contributed by atoms with Gasteiger partial charge in [-0.1, -0.05) is 26.2 Å². The first-order chi connectivity index (χ1) is 5.91. The number of hydrogen-bond donors (Lipinski definition) is 0. The molecule has 0 bridgehead atoms.